The van der Waals surface area contributed by atoms with Gasteiger partial charge in [-0.2, -0.15) is 4.98 Å². The van der Waals surface area contributed by atoms with E-state index in [0.717, 1.165) is 0 Å². The summed E-state index contributed by atoms with van der Waals surface area (Å²) in [7, 11) is 0. The average Bonchev–Trinajstić information content (AvgIpc) is 3.76. The summed E-state index contributed by atoms with van der Waals surface area (Å²) in [4.78, 5) is 35.3. The van der Waals surface area contributed by atoms with Crippen LogP contribution in [0, 0.1) is 0 Å². The first-order chi connectivity index (χ1) is 20.0. The fraction of sp³-hybridized carbons (Fsp3) is 0.524. The maximum atomic E-state index is 13.7. The molecule has 19 nitrogen and oxygen atoms in total. The summed E-state index contributed by atoms with van der Waals surface area (Å²) in [5.74, 6) is -0.0000323. The third-order valence-corrected chi connectivity index (χ3v) is 9.20. The third kappa shape index (κ3) is 4.21. The molecule has 7 N–H and O–H groups in total. The van der Waals surface area contributed by atoms with Gasteiger partial charge in [-0.15, -0.1) is 0 Å². The first kappa shape index (κ1) is 27.6. The van der Waals surface area contributed by atoms with Crippen molar-refractivity contribution in [2.75, 3.05) is 37.9 Å². The molecular formula is C21H25N10O9PS. The Hall–Kier alpha value is -3.20. The molecule has 0 aromatic carbocycles. The van der Waals surface area contributed by atoms with Crippen LogP contribution in [0.25, 0.3) is 22.3 Å². The Morgan fingerprint density at radius 1 is 1.17 bits per heavy atom. The highest BCUT2D eigenvalue weighted by atomic mass is 32.7. The molecule has 42 heavy (non-hydrogen) atoms. The van der Waals surface area contributed by atoms with E-state index in [9.17, 15) is 19.6 Å². The van der Waals surface area contributed by atoms with Crippen LogP contribution in [0.15, 0.2) is 23.8 Å². The molecule has 7 heterocycles. The number of hydrogen-bond donors (Lipinski definition) is 6. The lowest BCUT2D eigenvalue weighted by atomic mass is 10.0. The molecule has 224 valence electrons. The lowest BCUT2D eigenvalue weighted by Gasteiger charge is -2.34. The number of rotatable bonds is 8. The number of nitrogens with one attached hydrogen (secondary N) is 1. The molecule has 7 atom stereocenters. The van der Waals surface area contributed by atoms with E-state index in [4.69, 9.17) is 34.7 Å². The number of anilines is 2. The second-order valence-corrected chi connectivity index (χ2v) is 13.1. The Labute approximate surface area is 239 Å². The van der Waals surface area contributed by atoms with Crippen LogP contribution in [-0.2, 0) is 33.5 Å². The fourth-order valence-electron chi connectivity index (χ4n) is 5.57. The van der Waals surface area contributed by atoms with Gasteiger partial charge in [0, 0.05) is 6.42 Å². The predicted molar refractivity (Wildman–Crippen MR) is 144 cm³/mol. The van der Waals surface area contributed by atoms with Crippen molar-refractivity contribution in [2.24, 2.45) is 0 Å². The molecule has 0 saturated carbocycles. The van der Waals surface area contributed by atoms with Crippen LogP contribution >= 0.6 is 19.0 Å². The van der Waals surface area contributed by atoms with Crippen molar-refractivity contribution in [3.05, 3.63) is 29.3 Å². The number of aromatic amines is 1. The second kappa shape index (κ2) is 9.66. The first-order valence-corrected chi connectivity index (χ1v) is 15.3. The van der Waals surface area contributed by atoms with Crippen molar-refractivity contribution >= 4 is 53.1 Å². The number of aliphatic hydroxyl groups is 2. The van der Waals surface area contributed by atoms with Crippen molar-refractivity contribution in [3.63, 3.8) is 0 Å². The van der Waals surface area contributed by atoms with Crippen LogP contribution in [-0.4, -0.2) is 99.6 Å². The number of aromatic nitrogens is 8. The molecule has 0 aliphatic carbocycles. The number of fused-ring (bicyclic) bond motifs is 4. The molecule has 0 spiro atoms. The third-order valence-electron chi connectivity index (χ3n) is 7.58. The van der Waals surface area contributed by atoms with Gasteiger partial charge in [-0.1, -0.05) is 12.2 Å². The SMILES string of the molecule is Nc1nc2c(ncn2C2(OP(=O)(S)OC[C@@]34CO[C@@H]([C@H](n5cnc6c(N)ncnc65)O3)[C@@H]4O)CO[C@H](CO)C2)c(=O)[nH]1. The number of nitrogen functional groups attached to an aromatic ring is 2. The Balaban J connectivity index is 1.15. The Bertz CT molecular complexity index is 1800. The number of hydrogen-bond acceptors (Lipinski definition) is 16. The second-order valence-electron chi connectivity index (χ2n) is 10.2. The monoisotopic (exact) mass is 624 g/mol. The molecule has 3 fully saturated rings. The number of nitrogens with zero attached hydrogens (tertiary/aromatic N) is 7. The Morgan fingerprint density at radius 3 is 2.76 bits per heavy atom. The van der Waals surface area contributed by atoms with Crippen molar-refractivity contribution in [2.45, 2.75) is 42.3 Å². The van der Waals surface area contributed by atoms with E-state index in [-0.39, 0.29) is 49.2 Å². The molecule has 3 saturated heterocycles. The maximum Gasteiger partial charge on any atom is 0.388 e. The molecule has 4 aromatic rings. The number of ether oxygens (including phenoxy) is 3. The minimum atomic E-state index is -4.29. The predicted octanol–water partition coefficient (Wildman–Crippen LogP) is -1.34. The Kier molecular flexibility index (Phi) is 6.35. The summed E-state index contributed by atoms with van der Waals surface area (Å²) in [5, 5.41) is 20.8. The van der Waals surface area contributed by atoms with Crippen LogP contribution in [0.2, 0.25) is 0 Å². The van der Waals surface area contributed by atoms with Gasteiger partial charge in [0.05, 0.1) is 45.2 Å². The van der Waals surface area contributed by atoms with Crippen molar-refractivity contribution in [1.29, 1.82) is 0 Å². The standard InChI is InChI=1S/C21H25N10O9PS/c22-14-10-15(25-6-24-14)30(7-26-10)18-12-13(33)20(39-18,3-37-12)4-38-41(35,42)40-21(1-9(2-32)36-5-21)31-8-27-11-16(31)28-19(23)29-17(11)34/h6-9,12-13,18,32-33H,1-5H2,(H,35,42)(H2,22,24,25)(H3,23,28,29,34)/t9-,12+,13-,18+,20+,21?,41?/m0/s1. The number of nitrogens with two attached hydrogens (primary N) is 2. The summed E-state index contributed by atoms with van der Waals surface area (Å²) in [6.07, 6.45) is 0.387. The van der Waals surface area contributed by atoms with Crippen LogP contribution in [0.4, 0.5) is 11.8 Å². The number of H-pyrrole nitrogens is 1. The molecule has 4 aromatic heterocycles. The zero-order valence-electron chi connectivity index (χ0n) is 21.5. The highest BCUT2D eigenvalue weighted by Crippen LogP contribution is 2.60. The lowest BCUT2D eigenvalue weighted by Crippen LogP contribution is -2.45. The van der Waals surface area contributed by atoms with E-state index >= 15 is 0 Å². The molecule has 7 rings (SSSR count). The van der Waals surface area contributed by atoms with Gasteiger partial charge in [0.15, 0.2) is 34.6 Å². The number of imidazole rings is 2. The van der Waals surface area contributed by atoms with E-state index in [1.54, 1.807) is 4.57 Å². The quantitative estimate of drug-likeness (QED) is 0.0978. The van der Waals surface area contributed by atoms with Gasteiger partial charge >= 0.3 is 6.80 Å². The van der Waals surface area contributed by atoms with E-state index in [1.807, 2.05) is 0 Å². The summed E-state index contributed by atoms with van der Waals surface area (Å²) >= 11 is 4.20. The largest absolute Gasteiger partial charge is 0.394 e. The van der Waals surface area contributed by atoms with Gasteiger partial charge in [0.25, 0.3) is 5.56 Å². The van der Waals surface area contributed by atoms with Gasteiger partial charge < -0.3 is 35.9 Å². The van der Waals surface area contributed by atoms with Crippen LogP contribution in [0.1, 0.15) is 12.6 Å². The summed E-state index contributed by atoms with van der Waals surface area (Å²) in [5.41, 5.74) is 8.71. The molecule has 2 unspecified atom stereocenters. The van der Waals surface area contributed by atoms with Crippen molar-refractivity contribution < 1.29 is 38.0 Å². The molecule has 0 radical (unpaired) electrons. The summed E-state index contributed by atoms with van der Waals surface area (Å²) < 4.78 is 46.0. The van der Waals surface area contributed by atoms with Crippen LogP contribution < -0.4 is 17.0 Å². The smallest absolute Gasteiger partial charge is 0.388 e. The van der Waals surface area contributed by atoms with E-state index in [2.05, 4.69) is 42.2 Å². The number of aliphatic hydroxyl groups excluding tert-OH is 2. The molecular weight excluding hydrogens is 599 g/mol. The summed E-state index contributed by atoms with van der Waals surface area (Å²) in [6, 6.07) is 0. The topological polar surface area (TPSA) is 263 Å². The fourth-order valence-corrected chi connectivity index (χ4v) is 7.27. The molecule has 2 bridgehead atoms. The van der Waals surface area contributed by atoms with Crippen molar-refractivity contribution in [3.8, 4) is 0 Å². The highest BCUT2D eigenvalue weighted by Gasteiger charge is 2.63. The normalized spacial score (nSPS) is 32.3. The van der Waals surface area contributed by atoms with Gasteiger partial charge in [0.1, 0.15) is 29.7 Å². The molecule has 0 amide bonds. The minimum absolute atomic E-state index is 0.0204. The number of thiol groups is 1. The van der Waals surface area contributed by atoms with Gasteiger partial charge in [-0.25, -0.2) is 24.5 Å². The van der Waals surface area contributed by atoms with Gasteiger partial charge in [-0.05, 0) is 0 Å². The molecule has 21 heteroatoms. The lowest BCUT2D eigenvalue weighted by molar-refractivity contribution is -0.183. The highest BCUT2D eigenvalue weighted by molar-refractivity contribution is 8.44. The first-order valence-electron chi connectivity index (χ1n) is 12.6. The van der Waals surface area contributed by atoms with Crippen LogP contribution in [0.3, 0.4) is 0 Å². The zero-order valence-corrected chi connectivity index (χ0v) is 23.3. The summed E-state index contributed by atoms with van der Waals surface area (Å²) in [6.45, 7) is -5.40. The average molecular weight is 625 g/mol. The molecule has 3 aliphatic heterocycles. The van der Waals surface area contributed by atoms with Crippen molar-refractivity contribution in [1.82, 2.24) is 39.0 Å². The van der Waals surface area contributed by atoms with Gasteiger partial charge in [-0.3, -0.25) is 28.0 Å². The minimum Gasteiger partial charge on any atom is -0.394 e. The van der Waals surface area contributed by atoms with E-state index in [1.165, 1.54) is 23.5 Å². The molecule has 3 aliphatic rings. The van der Waals surface area contributed by atoms with E-state index in [0.29, 0.717) is 11.2 Å². The van der Waals surface area contributed by atoms with E-state index < -0.39 is 54.8 Å². The Morgan fingerprint density at radius 2 is 1.98 bits per heavy atom. The zero-order chi connectivity index (χ0) is 29.4. The maximum absolute atomic E-state index is 13.7. The van der Waals surface area contributed by atoms with Crippen LogP contribution in [0.5, 0.6) is 0 Å². The van der Waals surface area contributed by atoms with Gasteiger partial charge in [0.2, 0.25) is 5.95 Å².